The smallest absolute Gasteiger partial charge is 0.0159 e. The maximum atomic E-state index is 3.47. The van der Waals surface area contributed by atoms with Crippen LogP contribution in [0, 0.1) is 0 Å². The van der Waals surface area contributed by atoms with Crippen LogP contribution in [0.3, 0.4) is 0 Å². The molecule has 0 N–H and O–H groups in total. The fraction of sp³-hybridized carbons (Fsp3) is 1.00. The summed E-state index contributed by atoms with van der Waals surface area (Å²) in [6, 6.07) is 0.719. The Morgan fingerprint density at radius 3 is 2.08 bits per heavy atom. The second-order valence-corrected chi connectivity index (χ2v) is 4.45. The topological polar surface area (TPSA) is 6.48 Å². The number of hydrogen-bond donors (Lipinski definition) is 0. The van der Waals surface area contributed by atoms with Crippen LogP contribution in [-0.4, -0.2) is 53.9 Å². The highest BCUT2D eigenvalue weighted by Gasteiger charge is 2.17. The van der Waals surface area contributed by atoms with E-state index in [0.29, 0.717) is 0 Å². The van der Waals surface area contributed by atoms with E-state index in [1.54, 1.807) is 0 Å². The minimum atomic E-state index is 0. The molecule has 1 saturated heterocycles. The van der Waals surface area contributed by atoms with Crippen LogP contribution in [0.25, 0.3) is 0 Å². The minimum absolute atomic E-state index is 0. The number of alkyl halides is 1. The first-order chi connectivity index (χ1) is 5.74. The average molecular weight is 316 g/mol. The Bertz CT molecular complexity index is 123. The van der Waals surface area contributed by atoms with Gasteiger partial charge in [0.05, 0.1) is 0 Å². The van der Waals surface area contributed by atoms with Crippen LogP contribution in [0.1, 0.15) is 13.8 Å². The molecule has 1 rings (SSSR count). The van der Waals surface area contributed by atoms with E-state index < -0.39 is 0 Å². The lowest BCUT2D eigenvalue weighted by atomic mass is 10.2. The maximum absolute atomic E-state index is 3.47. The zero-order valence-corrected chi connectivity index (χ0v) is 11.8. The summed E-state index contributed by atoms with van der Waals surface area (Å²) in [4.78, 5) is 5.07. The van der Waals surface area contributed by atoms with Gasteiger partial charge in [0.2, 0.25) is 0 Å². The van der Waals surface area contributed by atoms with E-state index in [0.717, 1.165) is 11.4 Å². The van der Waals surface area contributed by atoms with Crippen molar-refractivity contribution in [2.45, 2.75) is 19.9 Å². The van der Waals surface area contributed by atoms with Gasteiger partial charge in [0, 0.05) is 44.1 Å². The Hall–Kier alpha value is 0.880. The van der Waals surface area contributed by atoms with Crippen LogP contribution < -0.4 is 0 Å². The third-order valence-corrected chi connectivity index (χ3v) is 2.89. The van der Waals surface area contributed by atoms with Crippen molar-refractivity contribution in [1.82, 2.24) is 9.80 Å². The van der Waals surface area contributed by atoms with E-state index in [9.17, 15) is 0 Å². The first kappa shape index (κ1) is 13.9. The first-order valence-corrected chi connectivity index (χ1v) is 5.88. The third-order valence-electron chi connectivity index (χ3n) is 2.54. The summed E-state index contributed by atoms with van der Waals surface area (Å²) < 4.78 is 0. The molecule has 80 valence electrons. The number of hydrogen-bond acceptors (Lipinski definition) is 2. The third kappa shape index (κ3) is 4.77. The van der Waals surface area contributed by atoms with Gasteiger partial charge >= 0.3 is 0 Å². The van der Waals surface area contributed by atoms with Crippen LogP contribution >= 0.6 is 32.9 Å². The molecule has 0 unspecified atom stereocenters. The van der Waals surface area contributed by atoms with Gasteiger partial charge in [-0.2, -0.15) is 0 Å². The van der Waals surface area contributed by atoms with Gasteiger partial charge in [-0.1, -0.05) is 15.9 Å². The SMILES string of the molecule is Br.CC(C)N1CCN(CCBr)CC1. The van der Waals surface area contributed by atoms with Crippen molar-refractivity contribution in [3.8, 4) is 0 Å². The summed E-state index contributed by atoms with van der Waals surface area (Å²) in [7, 11) is 0. The van der Waals surface area contributed by atoms with Crippen molar-refractivity contribution in [2.24, 2.45) is 0 Å². The van der Waals surface area contributed by atoms with Crippen molar-refractivity contribution in [3.05, 3.63) is 0 Å². The predicted molar refractivity (Wildman–Crippen MR) is 67.3 cm³/mol. The van der Waals surface area contributed by atoms with E-state index in [4.69, 9.17) is 0 Å². The molecule has 13 heavy (non-hydrogen) atoms. The summed E-state index contributed by atoms with van der Waals surface area (Å²) in [6.07, 6.45) is 0. The molecule has 2 nitrogen and oxygen atoms in total. The zero-order chi connectivity index (χ0) is 8.97. The van der Waals surface area contributed by atoms with Crippen molar-refractivity contribution in [2.75, 3.05) is 38.1 Å². The van der Waals surface area contributed by atoms with E-state index in [2.05, 4.69) is 39.6 Å². The molecule has 1 fully saturated rings. The van der Waals surface area contributed by atoms with Gasteiger partial charge in [0.1, 0.15) is 0 Å². The van der Waals surface area contributed by atoms with Gasteiger partial charge in [-0.25, -0.2) is 0 Å². The van der Waals surface area contributed by atoms with Gasteiger partial charge < -0.3 is 0 Å². The molecule has 1 heterocycles. The molecule has 4 heteroatoms. The van der Waals surface area contributed by atoms with Gasteiger partial charge in [-0.3, -0.25) is 9.80 Å². The number of halogens is 2. The van der Waals surface area contributed by atoms with Crippen LogP contribution in [0.5, 0.6) is 0 Å². The quantitative estimate of drug-likeness (QED) is 0.735. The average Bonchev–Trinajstić information content (AvgIpc) is 2.06. The number of nitrogens with zero attached hydrogens (tertiary/aromatic N) is 2. The van der Waals surface area contributed by atoms with Crippen LogP contribution in [0.2, 0.25) is 0 Å². The zero-order valence-electron chi connectivity index (χ0n) is 8.50. The summed E-state index contributed by atoms with van der Waals surface area (Å²) >= 11 is 3.47. The highest BCUT2D eigenvalue weighted by atomic mass is 79.9. The van der Waals surface area contributed by atoms with E-state index in [-0.39, 0.29) is 17.0 Å². The molecule has 0 aliphatic carbocycles. The fourth-order valence-electron chi connectivity index (χ4n) is 1.62. The Morgan fingerprint density at radius 1 is 1.15 bits per heavy atom. The molecule has 0 saturated carbocycles. The van der Waals surface area contributed by atoms with Crippen LogP contribution in [0.4, 0.5) is 0 Å². The summed E-state index contributed by atoms with van der Waals surface area (Å²) in [6.45, 7) is 10.7. The molecule has 0 atom stereocenters. The van der Waals surface area contributed by atoms with Gasteiger partial charge in [-0.05, 0) is 13.8 Å². The highest BCUT2D eigenvalue weighted by molar-refractivity contribution is 9.09. The van der Waals surface area contributed by atoms with Crippen molar-refractivity contribution < 1.29 is 0 Å². The van der Waals surface area contributed by atoms with Crippen molar-refractivity contribution >= 4 is 32.9 Å². The second-order valence-electron chi connectivity index (χ2n) is 3.66. The summed E-state index contributed by atoms with van der Waals surface area (Å²) in [5.41, 5.74) is 0. The molecule has 0 spiro atoms. The Morgan fingerprint density at radius 2 is 1.69 bits per heavy atom. The van der Waals surface area contributed by atoms with E-state index in [1.165, 1.54) is 32.7 Å². The summed E-state index contributed by atoms with van der Waals surface area (Å²) in [5.74, 6) is 0. The fourth-order valence-corrected chi connectivity index (χ4v) is 2.12. The molecule has 0 amide bonds. The van der Waals surface area contributed by atoms with Gasteiger partial charge in [-0.15, -0.1) is 17.0 Å². The molecular weight excluding hydrogens is 296 g/mol. The normalized spacial score (nSPS) is 20.3. The molecule has 1 aliphatic heterocycles. The first-order valence-electron chi connectivity index (χ1n) is 4.76. The standard InChI is InChI=1S/C9H19BrN2.BrH/c1-9(2)12-7-5-11(4-3-10)6-8-12;/h9H,3-8H2,1-2H3;1H. The predicted octanol–water partition coefficient (Wildman–Crippen LogP) is 1.99. The molecule has 0 bridgehead atoms. The minimum Gasteiger partial charge on any atom is -0.300 e. The molecule has 0 radical (unpaired) electrons. The second kappa shape index (κ2) is 7.21. The van der Waals surface area contributed by atoms with E-state index in [1.807, 2.05) is 0 Å². The lowest BCUT2D eigenvalue weighted by Gasteiger charge is -2.36. The highest BCUT2D eigenvalue weighted by Crippen LogP contribution is 2.05. The monoisotopic (exact) mass is 314 g/mol. The molecule has 0 aromatic heterocycles. The van der Waals surface area contributed by atoms with E-state index >= 15 is 0 Å². The molecule has 0 aromatic rings. The molecule has 1 aliphatic rings. The van der Waals surface area contributed by atoms with Crippen molar-refractivity contribution in [1.29, 1.82) is 0 Å². The number of rotatable bonds is 3. The Kier molecular flexibility index (Phi) is 7.70. The van der Waals surface area contributed by atoms with Crippen LogP contribution in [-0.2, 0) is 0 Å². The lowest BCUT2D eigenvalue weighted by Crippen LogP contribution is -2.49. The maximum Gasteiger partial charge on any atom is 0.0159 e. The molecule has 0 aromatic carbocycles. The van der Waals surface area contributed by atoms with Crippen molar-refractivity contribution in [3.63, 3.8) is 0 Å². The lowest BCUT2D eigenvalue weighted by molar-refractivity contribution is 0.113. The number of piperazine rings is 1. The van der Waals surface area contributed by atoms with Gasteiger partial charge in [0.15, 0.2) is 0 Å². The largest absolute Gasteiger partial charge is 0.300 e. The van der Waals surface area contributed by atoms with Gasteiger partial charge in [0.25, 0.3) is 0 Å². The summed E-state index contributed by atoms with van der Waals surface area (Å²) in [5, 5.41) is 1.11. The Balaban J connectivity index is 0.00000144. The molecular formula is C9H20Br2N2. The Labute approximate surface area is 101 Å². The van der Waals surface area contributed by atoms with Crippen LogP contribution in [0.15, 0.2) is 0 Å².